The summed E-state index contributed by atoms with van der Waals surface area (Å²) in [6, 6.07) is 1.53. The molecule has 2 fully saturated rings. The first-order valence-corrected chi connectivity index (χ1v) is 9.16. The summed E-state index contributed by atoms with van der Waals surface area (Å²) < 4.78 is 0. The van der Waals surface area contributed by atoms with Crippen LogP contribution in [0.2, 0.25) is 0 Å². The molecule has 2 N–H and O–H groups in total. The van der Waals surface area contributed by atoms with Crippen LogP contribution in [0.1, 0.15) is 47.5 Å². The van der Waals surface area contributed by atoms with Gasteiger partial charge in [0.15, 0.2) is 5.78 Å². The normalized spacial score (nSPS) is 28.9. The zero-order valence-corrected chi connectivity index (χ0v) is 15.9. The van der Waals surface area contributed by atoms with Crippen molar-refractivity contribution in [3.05, 3.63) is 0 Å². The van der Waals surface area contributed by atoms with Gasteiger partial charge in [0.1, 0.15) is 0 Å². The van der Waals surface area contributed by atoms with Crippen LogP contribution in [0.5, 0.6) is 0 Å². The van der Waals surface area contributed by atoms with Crippen molar-refractivity contribution >= 4 is 5.78 Å². The predicted octanol–water partition coefficient (Wildman–Crippen LogP) is 1.09. The fourth-order valence-electron chi connectivity index (χ4n) is 4.20. The van der Waals surface area contributed by atoms with Gasteiger partial charge in [-0.05, 0) is 40.7 Å². The number of carbonyl (C=O) groups excluding carboxylic acids is 1. The Bertz CT molecular complexity index is 410. The Kier molecular flexibility index (Phi) is 6.22. The van der Waals surface area contributed by atoms with Crippen molar-refractivity contribution in [2.24, 2.45) is 0 Å². The summed E-state index contributed by atoms with van der Waals surface area (Å²) in [4.78, 5) is 16.7. The molecule has 2 aliphatic rings. The van der Waals surface area contributed by atoms with Crippen molar-refractivity contribution < 1.29 is 4.79 Å². The van der Waals surface area contributed by atoms with Crippen LogP contribution >= 0.6 is 0 Å². The summed E-state index contributed by atoms with van der Waals surface area (Å²) in [6.07, 6.45) is 2.30. The highest BCUT2D eigenvalue weighted by atomic mass is 16.1. The van der Waals surface area contributed by atoms with Gasteiger partial charge >= 0.3 is 0 Å². The average Bonchev–Trinajstić information content (AvgIpc) is 2.96. The van der Waals surface area contributed by atoms with Gasteiger partial charge in [0.05, 0.1) is 12.6 Å². The molecule has 23 heavy (non-hydrogen) atoms. The van der Waals surface area contributed by atoms with E-state index in [9.17, 15) is 4.79 Å². The van der Waals surface area contributed by atoms with Gasteiger partial charge in [0.25, 0.3) is 0 Å². The number of hydrogen-bond acceptors (Lipinski definition) is 5. The molecule has 1 unspecified atom stereocenters. The van der Waals surface area contributed by atoms with E-state index < -0.39 is 0 Å². The Morgan fingerprint density at radius 2 is 1.91 bits per heavy atom. The van der Waals surface area contributed by atoms with E-state index >= 15 is 0 Å². The molecule has 3 atom stereocenters. The first-order chi connectivity index (χ1) is 10.7. The fraction of sp³-hybridized carbons (Fsp3) is 0.944. The Morgan fingerprint density at radius 3 is 2.48 bits per heavy atom. The van der Waals surface area contributed by atoms with Crippen molar-refractivity contribution in [3.63, 3.8) is 0 Å². The Morgan fingerprint density at radius 1 is 1.22 bits per heavy atom. The van der Waals surface area contributed by atoms with Crippen LogP contribution < -0.4 is 10.6 Å². The molecule has 134 valence electrons. The molecule has 0 radical (unpaired) electrons. The number of likely N-dealkylation sites (tertiary alicyclic amines) is 2. The van der Waals surface area contributed by atoms with Gasteiger partial charge in [-0.15, -0.1) is 0 Å². The predicted molar refractivity (Wildman–Crippen MR) is 95.8 cm³/mol. The summed E-state index contributed by atoms with van der Waals surface area (Å²) in [5.41, 5.74) is 0.160. The molecule has 0 spiro atoms. The van der Waals surface area contributed by atoms with Gasteiger partial charge in [-0.25, -0.2) is 0 Å². The van der Waals surface area contributed by atoms with Crippen LogP contribution in [-0.4, -0.2) is 78.5 Å². The number of rotatable bonds is 7. The van der Waals surface area contributed by atoms with E-state index in [0.717, 1.165) is 26.1 Å². The molecule has 0 aromatic rings. The Balaban J connectivity index is 1.82. The molecule has 5 heteroatoms. The van der Waals surface area contributed by atoms with Crippen molar-refractivity contribution in [2.45, 2.75) is 77.2 Å². The molecule has 0 amide bonds. The average molecular weight is 325 g/mol. The first kappa shape index (κ1) is 18.8. The number of nitrogens with one attached hydrogen (secondary N) is 2. The van der Waals surface area contributed by atoms with Crippen molar-refractivity contribution in [2.75, 3.05) is 33.2 Å². The summed E-state index contributed by atoms with van der Waals surface area (Å²) in [7, 11) is 2.01. The lowest BCUT2D eigenvalue weighted by atomic mass is 9.93. The maximum atomic E-state index is 12.0. The monoisotopic (exact) mass is 324 g/mol. The molecule has 2 rings (SSSR count). The summed E-state index contributed by atoms with van der Waals surface area (Å²) in [5.74, 6) is 0.333. The quantitative estimate of drug-likeness (QED) is 0.734. The molecule has 2 heterocycles. The molecule has 0 aromatic carbocycles. The van der Waals surface area contributed by atoms with Crippen LogP contribution in [0.3, 0.4) is 0 Å². The van der Waals surface area contributed by atoms with E-state index in [0.29, 0.717) is 30.5 Å². The van der Waals surface area contributed by atoms with Gasteiger partial charge in [0, 0.05) is 43.3 Å². The zero-order valence-electron chi connectivity index (χ0n) is 15.9. The van der Waals surface area contributed by atoms with E-state index in [1.807, 2.05) is 7.05 Å². The second kappa shape index (κ2) is 7.60. The molecule has 0 aliphatic carbocycles. The van der Waals surface area contributed by atoms with Crippen LogP contribution in [-0.2, 0) is 4.79 Å². The lowest BCUT2D eigenvalue weighted by Gasteiger charge is -2.38. The minimum Gasteiger partial charge on any atom is -0.310 e. The molecule has 5 nitrogen and oxygen atoms in total. The van der Waals surface area contributed by atoms with Crippen LogP contribution in [0, 0.1) is 0 Å². The molecule has 0 bridgehead atoms. The number of nitrogens with zero attached hydrogens (tertiary/aromatic N) is 2. The minimum absolute atomic E-state index is 0.0136. The van der Waals surface area contributed by atoms with Gasteiger partial charge in [-0.1, -0.05) is 13.8 Å². The third kappa shape index (κ3) is 5.24. The highest BCUT2D eigenvalue weighted by molar-refractivity contribution is 5.88. The number of carbonyl (C=O) groups is 1. The molecular formula is C18H36N4O. The largest absolute Gasteiger partial charge is 0.310 e. The van der Waals surface area contributed by atoms with Crippen molar-refractivity contribution in [1.29, 1.82) is 0 Å². The fourth-order valence-corrected chi connectivity index (χ4v) is 4.20. The smallest absolute Gasteiger partial charge is 0.164 e. The van der Waals surface area contributed by atoms with Crippen LogP contribution in [0.25, 0.3) is 0 Å². The minimum atomic E-state index is 0.0136. The lowest BCUT2D eigenvalue weighted by molar-refractivity contribution is -0.118. The first-order valence-electron chi connectivity index (χ1n) is 9.16. The Hall–Kier alpha value is -0.490. The molecule has 0 saturated carbocycles. The summed E-state index contributed by atoms with van der Waals surface area (Å²) in [5, 5.41) is 7.21. The van der Waals surface area contributed by atoms with E-state index in [1.54, 1.807) is 0 Å². The number of hydrogen-bond donors (Lipinski definition) is 2. The zero-order chi connectivity index (χ0) is 17.2. The number of ketones is 1. The van der Waals surface area contributed by atoms with E-state index in [1.165, 1.54) is 6.42 Å². The van der Waals surface area contributed by atoms with Crippen molar-refractivity contribution in [3.8, 4) is 0 Å². The molecular weight excluding hydrogens is 288 g/mol. The van der Waals surface area contributed by atoms with Gasteiger partial charge < -0.3 is 10.6 Å². The highest BCUT2D eigenvalue weighted by Crippen LogP contribution is 2.26. The van der Waals surface area contributed by atoms with Gasteiger partial charge in [0.2, 0.25) is 0 Å². The van der Waals surface area contributed by atoms with Crippen molar-refractivity contribution in [1.82, 2.24) is 20.4 Å². The summed E-state index contributed by atoms with van der Waals surface area (Å²) in [6.45, 7) is 15.0. The third-order valence-corrected chi connectivity index (χ3v) is 5.21. The number of likely N-dealkylation sites (N-methyl/N-ethyl adjacent to an activating group) is 1. The third-order valence-electron chi connectivity index (χ3n) is 5.21. The SMILES string of the molecule is CC(C)N[C@@H]1CCN(C(C)(C)CC(C)N[C@H]2CN(C)CC2=O)C1. The standard InChI is InChI=1S/C18H36N4O/c1-13(2)19-15-7-8-22(10-15)18(4,5)9-14(3)20-16-11-21(6)12-17(16)23/h13-16,19-20H,7-12H2,1-6H3/t14?,15-,16+/m1/s1. The second-order valence-corrected chi connectivity index (χ2v) is 8.55. The lowest BCUT2D eigenvalue weighted by Crippen LogP contribution is -2.50. The van der Waals surface area contributed by atoms with E-state index in [2.05, 4.69) is 55.1 Å². The van der Waals surface area contributed by atoms with Crippen LogP contribution in [0.15, 0.2) is 0 Å². The van der Waals surface area contributed by atoms with E-state index in [4.69, 9.17) is 0 Å². The highest BCUT2D eigenvalue weighted by Gasteiger charge is 2.36. The topological polar surface area (TPSA) is 47.6 Å². The molecule has 0 aromatic heterocycles. The second-order valence-electron chi connectivity index (χ2n) is 8.55. The van der Waals surface area contributed by atoms with Crippen LogP contribution in [0.4, 0.5) is 0 Å². The maximum absolute atomic E-state index is 12.0. The molecule has 2 saturated heterocycles. The Labute approximate surface area is 142 Å². The summed E-state index contributed by atoms with van der Waals surface area (Å²) >= 11 is 0. The van der Waals surface area contributed by atoms with Gasteiger partial charge in [-0.2, -0.15) is 0 Å². The molecule has 2 aliphatic heterocycles. The number of Topliss-reactive ketones (excluding diaryl/α,β-unsaturated/α-hetero) is 1. The maximum Gasteiger partial charge on any atom is 0.164 e. The van der Waals surface area contributed by atoms with E-state index in [-0.39, 0.29) is 11.6 Å². The van der Waals surface area contributed by atoms with Gasteiger partial charge in [-0.3, -0.25) is 14.6 Å².